The zero-order valence-corrected chi connectivity index (χ0v) is 10.9. The van der Waals surface area contributed by atoms with E-state index in [4.69, 9.17) is 15.2 Å². The first-order valence-corrected chi connectivity index (χ1v) is 6.45. The van der Waals surface area contributed by atoms with E-state index in [1.807, 2.05) is 42.2 Å². The lowest BCUT2D eigenvalue weighted by Crippen LogP contribution is -2.17. The molecule has 19 heavy (non-hydrogen) atoms. The number of nitrogens with two attached hydrogens (primary N) is 1. The molecule has 1 aromatic heterocycles. The second-order valence-corrected chi connectivity index (χ2v) is 4.51. The fraction of sp³-hybridized carbons (Fsp3) is 0.357. The van der Waals surface area contributed by atoms with Crippen molar-refractivity contribution in [2.45, 2.75) is 19.5 Å². The molecule has 0 spiro atoms. The first kappa shape index (κ1) is 12.0. The maximum Gasteiger partial charge on any atom is 0.161 e. The molecule has 2 aromatic rings. The third-order valence-corrected chi connectivity index (χ3v) is 3.26. The van der Waals surface area contributed by atoms with Crippen LogP contribution in [0.4, 0.5) is 0 Å². The Bertz CT molecular complexity index is 580. The maximum atomic E-state index is 6.27. The monoisotopic (exact) mass is 259 g/mol. The molecule has 0 bridgehead atoms. The molecule has 0 amide bonds. The number of aromatic nitrogens is 2. The summed E-state index contributed by atoms with van der Waals surface area (Å²) < 4.78 is 12.9. The molecule has 1 atom stereocenters. The van der Waals surface area contributed by atoms with Crippen LogP contribution in [0.15, 0.2) is 30.6 Å². The van der Waals surface area contributed by atoms with Gasteiger partial charge in [-0.25, -0.2) is 0 Å². The molecular weight excluding hydrogens is 242 g/mol. The van der Waals surface area contributed by atoms with Crippen LogP contribution in [0.2, 0.25) is 0 Å². The summed E-state index contributed by atoms with van der Waals surface area (Å²) >= 11 is 0. The quantitative estimate of drug-likeness (QED) is 0.911. The van der Waals surface area contributed by atoms with Crippen LogP contribution in [-0.4, -0.2) is 23.0 Å². The minimum absolute atomic E-state index is 0.198. The number of ether oxygens (including phenoxy) is 2. The number of hydrogen-bond donors (Lipinski definition) is 1. The van der Waals surface area contributed by atoms with E-state index in [1.165, 1.54) is 0 Å². The fourth-order valence-electron chi connectivity index (χ4n) is 2.16. The highest BCUT2D eigenvalue weighted by Gasteiger charge is 2.16. The van der Waals surface area contributed by atoms with Gasteiger partial charge in [-0.05, 0) is 24.6 Å². The van der Waals surface area contributed by atoms with Crippen molar-refractivity contribution in [1.82, 2.24) is 9.78 Å². The van der Waals surface area contributed by atoms with Crippen LogP contribution in [-0.2, 0) is 6.54 Å². The van der Waals surface area contributed by atoms with Crippen molar-refractivity contribution in [3.63, 3.8) is 0 Å². The van der Waals surface area contributed by atoms with Crippen molar-refractivity contribution in [1.29, 1.82) is 0 Å². The first-order chi connectivity index (χ1) is 9.28. The van der Waals surface area contributed by atoms with Gasteiger partial charge in [-0.1, -0.05) is 6.07 Å². The van der Waals surface area contributed by atoms with Crippen LogP contribution in [0, 0.1) is 0 Å². The molecule has 1 aromatic carbocycles. The largest absolute Gasteiger partial charge is 0.486 e. The Labute approximate surface area is 111 Å². The molecule has 1 aliphatic heterocycles. The minimum atomic E-state index is -0.198. The van der Waals surface area contributed by atoms with E-state index in [0.717, 1.165) is 29.2 Å². The SMILES string of the molecule is CCn1cc(C(N)c2ccc3c(c2)OCCO3)cn1. The van der Waals surface area contributed by atoms with Gasteiger partial charge in [-0.3, -0.25) is 4.68 Å². The lowest BCUT2D eigenvalue weighted by Gasteiger charge is -2.20. The minimum Gasteiger partial charge on any atom is -0.486 e. The molecule has 0 radical (unpaired) electrons. The Kier molecular flexibility index (Phi) is 3.13. The molecule has 2 N–H and O–H groups in total. The predicted octanol–water partition coefficient (Wildman–Crippen LogP) is 1.72. The fourth-order valence-corrected chi connectivity index (χ4v) is 2.16. The second kappa shape index (κ2) is 4.93. The highest BCUT2D eigenvalue weighted by atomic mass is 16.6. The van der Waals surface area contributed by atoms with Gasteiger partial charge in [0.25, 0.3) is 0 Å². The van der Waals surface area contributed by atoms with Crippen molar-refractivity contribution in [3.05, 3.63) is 41.7 Å². The smallest absolute Gasteiger partial charge is 0.161 e. The van der Waals surface area contributed by atoms with Gasteiger partial charge < -0.3 is 15.2 Å². The van der Waals surface area contributed by atoms with E-state index >= 15 is 0 Å². The lowest BCUT2D eigenvalue weighted by atomic mass is 10.0. The van der Waals surface area contributed by atoms with Crippen molar-refractivity contribution >= 4 is 0 Å². The number of hydrogen-bond acceptors (Lipinski definition) is 4. The summed E-state index contributed by atoms with van der Waals surface area (Å²) in [7, 11) is 0. The molecule has 1 aliphatic rings. The summed E-state index contributed by atoms with van der Waals surface area (Å²) in [5.41, 5.74) is 8.27. The third kappa shape index (κ3) is 2.29. The highest BCUT2D eigenvalue weighted by Crippen LogP contribution is 2.33. The summed E-state index contributed by atoms with van der Waals surface area (Å²) in [6.07, 6.45) is 3.78. The summed E-state index contributed by atoms with van der Waals surface area (Å²) in [5, 5.41) is 4.25. The molecule has 5 heteroatoms. The summed E-state index contributed by atoms with van der Waals surface area (Å²) in [6, 6.07) is 5.63. The van der Waals surface area contributed by atoms with E-state index in [9.17, 15) is 0 Å². The Hall–Kier alpha value is -2.01. The molecule has 100 valence electrons. The van der Waals surface area contributed by atoms with Gasteiger partial charge in [0.1, 0.15) is 13.2 Å². The number of rotatable bonds is 3. The van der Waals surface area contributed by atoms with Gasteiger partial charge in [-0.15, -0.1) is 0 Å². The molecule has 0 aliphatic carbocycles. The molecule has 0 fully saturated rings. The van der Waals surface area contributed by atoms with Crippen LogP contribution in [0.3, 0.4) is 0 Å². The standard InChI is InChI=1S/C14H17N3O2/c1-2-17-9-11(8-16-17)14(15)10-3-4-12-13(7-10)19-6-5-18-12/h3-4,7-9,14H,2,5-6,15H2,1H3. The van der Waals surface area contributed by atoms with Crippen molar-refractivity contribution in [2.24, 2.45) is 5.73 Å². The van der Waals surface area contributed by atoms with Gasteiger partial charge in [0, 0.05) is 18.3 Å². The summed E-state index contributed by atoms with van der Waals surface area (Å²) in [6.45, 7) is 4.07. The van der Waals surface area contributed by atoms with Crippen LogP contribution in [0.1, 0.15) is 24.1 Å². The average Bonchev–Trinajstić information content (AvgIpc) is 2.95. The topological polar surface area (TPSA) is 62.3 Å². The predicted molar refractivity (Wildman–Crippen MR) is 71.4 cm³/mol. The zero-order valence-electron chi connectivity index (χ0n) is 10.9. The van der Waals surface area contributed by atoms with E-state index in [1.54, 1.807) is 0 Å². The first-order valence-electron chi connectivity index (χ1n) is 6.45. The molecule has 5 nitrogen and oxygen atoms in total. The van der Waals surface area contributed by atoms with Crippen molar-refractivity contribution in [2.75, 3.05) is 13.2 Å². The molecule has 0 saturated heterocycles. The number of fused-ring (bicyclic) bond motifs is 1. The lowest BCUT2D eigenvalue weighted by molar-refractivity contribution is 0.171. The van der Waals surface area contributed by atoms with Gasteiger partial charge in [0.15, 0.2) is 11.5 Å². The molecule has 0 saturated carbocycles. The summed E-state index contributed by atoms with van der Waals surface area (Å²) in [5.74, 6) is 1.55. The molecule has 2 heterocycles. The van der Waals surface area contributed by atoms with E-state index in [-0.39, 0.29) is 6.04 Å². The van der Waals surface area contributed by atoms with Gasteiger partial charge in [0.2, 0.25) is 0 Å². The normalized spacial score (nSPS) is 15.3. The number of nitrogens with zero attached hydrogens (tertiary/aromatic N) is 2. The Morgan fingerprint density at radius 3 is 2.79 bits per heavy atom. The van der Waals surface area contributed by atoms with E-state index < -0.39 is 0 Å². The Morgan fingerprint density at radius 2 is 2.05 bits per heavy atom. The van der Waals surface area contributed by atoms with Crippen LogP contribution in [0.5, 0.6) is 11.5 Å². The van der Waals surface area contributed by atoms with Crippen LogP contribution in [0.25, 0.3) is 0 Å². The van der Waals surface area contributed by atoms with E-state index in [2.05, 4.69) is 5.10 Å². The highest BCUT2D eigenvalue weighted by molar-refractivity contribution is 5.46. The van der Waals surface area contributed by atoms with Gasteiger partial charge in [0.05, 0.1) is 12.2 Å². The van der Waals surface area contributed by atoms with Crippen LogP contribution >= 0.6 is 0 Å². The van der Waals surface area contributed by atoms with Crippen molar-refractivity contribution < 1.29 is 9.47 Å². The van der Waals surface area contributed by atoms with Gasteiger partial charge >= 0.3 is 0 Å². The average molecular weight is 259 g/mol. The van der Waals surface area contributed by atoms with E-state index in [0.29, 0.717) is 13.2 Å². The molecule has 1 unspecified atom stereocenters. The Morgan fingerprint density at radius 1 is 1.26 bits per heavy atom. The molecule has 3 rings (SSSR count). The zero-order chi connectivity index (χ0) is 13.2. The number of benzene rings is 1. The third-order valence-electron chi connectivity index (χ3n) is 3.26. The Balaban J connectivity index is 1.88. The second-order valence-electron chi connectivity index (χ2n) is 4.51. The van der Waals surface area contributed by atoms with Crippen LogP contribution < -0.4 is 15.2 Å². The van der Waals surface area contributed by atoms with Crippen molar-refractivity contribution in [3.8, 4) is 11.5 Å². The maximum absolute atomic E-state index is 6.27. The van der Waals surface area contributed by atoms with Gasteiger partial charge in [-0.2, -0.15) is 5.10 Å². The summed E-state index contributed by atoms with van der Waals surface area (Å²) in [4.78, 5) is 0. The number of aryl methyl sites for hydroxylation is 1. The molecular formula is C14H17N3O2.